The van der Waals surface area contributed by atoms with E-state index in [4.69, 9.17) is 0 Å². The van der Waals surface area contributed by atoms with Crippen LogP contribution < -0.4 is 10.2 Å². The zero-order valence-electron chi connectivity index (χ0n) is 17.7. The van der Waals surface area contributed by atoms with E-state index in [2.05, 4.69) is 39.2 Å². The number of amides is 1. The minimum absolute atomic E-state index is 0.0325. The van der Waals surface area contributed by atoms with E-state index in [9.17, 15) is 4.79 Å². The van der Waals surface area contributed by atoms with Crippen molar-refractivity contribution in [2.24, 2.45) is 5.92 Å². The van der Waals surface area contributed by atoms with E-state index in [0.29, 0.717) is 0 Å². The maximum atomic E-state index is 12.7. The van der Waals surface area contributed by atoms with Gasteiger partial charge in [0.2, 0.25) is 16.2 Å². The van der Waals surface area contributed by atoms with Crippen molar-refractivity contribution in [3.8, 4) is 5.13 Å². The topological polar surface area (TPSA) is 66.3 Å². The van der Waals surface area contributed by atoms with Crippen molar-refractivity contribution in [2.45, 2.75) is 46.0 Å². The van der Waals surface area contributed by atoms with Gasteiger partial charge in [-0.15, -0.1) is 10.2 Å². The highest BCUT2D eigenvalue weighted by Crippen LogP contribution is 2.27. The lowest BCUT2D eigenvalue weighted by molar-refractivity contribution is -0.125. The fourth-order valence-electron chi connectivity index (χ4n) is 3.74. The summed E-state index contributed by atoms with van der Waals surface area (Å²) < 4.78 is 1.97. The van der Waals surface area contributed by atoms with E-state index in [-0.39, 0.29) is 11.8 Å². The SMILES string of the molecule is CCCCN(CC)CCCNC(=O)C1CCCN(c2nnc(-n3cccc3)s2)C1. The average molecular weight is 419 g/mol. The van der Waals surface area contributed by atoms with E-state index >= 15 is 0 Å². The van der Waals surface area contributed by atoms with E-state index in [0.717, 1.165) is 68.8 Å². The second-order valence-corrected chi connectivity index (χ2v) is 8.61. The summed E-state index contributed by atoms with van der Waals surface area (Å²) in [5.41, 5.74) is 0. The molecule has 1 unspecified atom stereocenters. The molecule has 1 atom stereocenters. The normalized spacial score (nSPS) is 17.1. The van der Waals surface area contributed by atoms with Crippen LogP contribution in [0.4, 0.5) is 5.13 Å². The molecule has 1 amide bonds. The van der Waals surface area contributed by atoms with Crippen LogP contribution in [0.3, 0.4) is 0 Å². The number of unbranched alkanes of at least 4 members (excludes halogenated alkanes) is 1. The Hall–Kier alpha value is -1.93. The van der Waals surface area contributed by atoms with Gasteiger partial charge in [0.25, 0.3) is 0 Å². The lowest BCUT2D eigenvalue weighted by Crippen LogP contribution is -2.43. The van der Waals surface area contributed by atoms with Crippen LogP contribution >= 0.6 is 11.3 Å². The summed E-state index contributed by atoms with van der Waals surface area (Å²) in [6.45, 7) is 10.2. The molecule has 0 aliphatic carbocycles. The molecule has 1 fully saturated rings. The van der Waals surface area contributed by atoms with Gasteiger partial charge in [0, 0.05) is 32.0 Å². The molecule has 1 N–H and O–H groups in total. The molecule has 8 heteroatoms. The smallest absolute Gasteiger partial charge is 0.224 e. The number of anilines is 1. The number of carbonyl (C=O) groups excluding carboxylic acids is 1. The Morgan fingerprint density at radius 1 is 1.21 bits per heavy atom. The molecule has 0 radical (unpaired) electrons. The molecule has 0 spiro atoms. The predicted molar refractivity (Wildman–Crippen MR) is 119 cm³/mol. The van der Waals surface area contributed by atoms with E-state index < -0.39 is 0 Å². The molecule has 0 aromatic carbocycles. The van der Waals surface area contributed by atoms with Crippen LogP contribution in [-0.2, 0) is 4.79 Å². The summed E-state index contributed by atoms with van der Waals surface area (Å²) in [5, 5.41) is 13.6. The van der Waals surface area contributed by atoms with Crippen LogP contribution in [0.25, 0.3) is 5.13 Å². The molecule has 0 bridgehead atoms. The third kappa shape index (κ3) is 6.27. The molecule has 160 valence electrons. The molecule has 0 saturated carbocycles. The summed E-state index contributed by atoms with van der Waals surface area (Å²) in [6.07, 6.45) is 9.39. The Kier molecular flexibility index (Phi) is 8.49. The Labute approximate surface area is 178 Å². The highest BCUT2D eigenvalue weighted by atomic mass is 32.1. The second kappa shape index (κ2) is 11.3. The Bertz CT molecular complexity index is 731. The van der Waals surface area contributed by atoms with Crippen molar-refractivity contribution in [3.05, 3.63) is 24.5 Å². The highest BCUT2D eigenvalue weighted by Gasteiger charge is 2.27. The van der Waals surface area contributed by atoms with Gasteiger partial charge in [-0.05, 0) is 57.5 Å². The standard InChI is InChI=1S/C21H34N6OS/c1-3-5-12-25(4-2)13-9-11-22-19(28)18-10-8-16-27(17-18)21-24-23-20(29-21)26-14-6-7-15-26/h6-7,14-15,18H,3-5,8-13,16-17H2,1-2H3,(H,22,28). The number of carbonyl (C=O) groups is 1. The summed E-state index contributed by atoms with van der Waals surface area (Å²) in [4.78, 5) is 17.3. The first-order valence-corrected chi connectivity index (χ1v) is 11.7. The third-order valence-corrected chi connectivity index (χ3v) is 6.51. The van der Waals surface area contributed by atoms with Crippen LogP contribution in [0, 0.1) is 5.92 Å². The molecule has 7 nitrogen and oxygen atoms in total. The quantitative estimate of drug-likeness (QED) is 0.568. The summed E-state index contributed by atoms with van der Waals surface area (Å²) in [5.74, 6) is 0.214. The zero-order chi connectivity index (χ0) is 20.5. The van der Waals surface area contributed by atoms with Crippen molar-refractivity contribution < 1.29 is 4.79 Å². The lowest BCUT2D eigenvalue weighted by Gasteiger charge is -2.31. The minimum atomic E-state index is 0.0325. The molecule has 3 heterocycles. The van der Waals surface area contributed by atoms with Gasteiger partial charge >= 0.3 is 0 Å². The Morgan fingerprint density at radius 2 is 1.97 bits per heavy atom. The number of rotatable bonds is 11. The summed E-state index contributed by atoms with van der Waals surface area (Å²) in [6, 6.07) is 3.96. The van der Waals surface area contributed by atoms with Gasteiger partial charge in [0.1, 0.15) is 0 Å². The molecule has 1 saturated heterocycles. The van der Waals surface area contributed by atoms with Gasteiger partial charge in [-0.3, -0.25) is 9.36 Å². The van der Waals surface area contributed by atoms with Gasteiger partial charge in [0.15, 0.2) is 0 Å². The molecule has 3 rings (SSSR count). The van der Waals surface area contributed by atoms with Gasteiger partial charge in [0.05, 0.1) is 5.92 Å². The van der Waals surface area contributed by atoms with Crippen LogP contribution in [0.15, 0.2) is 24.5 Å². The maximum absolute atomic E-state index is 12.7. The summed E-state index contributed by atoms with van der Waals surface area (Å²) in [7, 11) is 0. The molecular formula is C21H34N6OS. The fraction of sp³-hybridized carbons (Fsp3) is 0.667. The first-order valence-electron chi connectivity index (χ1n) is 10.9. The van der Waals surface area contributed by atoms with Gasteiger partial charge in [-0.25, -0.2) is 0 Å². The molecule has 1 aliphatic heterocycles. The Balaban J connectivity index is 1.43. The summed E-state index contributed by atoms with van der Waals surface area (Å²) >= 11 is 1.57. The van der Waals surface area contributed by atoms with Gasteiger partial charge in [-0.2, -0.15) is 0 Å². The van der Waals surface area contributed by atoms with Gasteiger partial charge in [-0.1, -0.05) is 31.6 Å². The second-order valence-electron chi connectivity index (χ2n) is 7.68. The number of aromatic nitrogens is 3. The van der Waals surface area contributed by atoms with Crippen molar-refractivity contribution in [1.82, 2.24) is 25.0 Å². The average Bonchev–Trinajstić information content (AvgIpc) is 3.45. The molecule has 2 aromatic heterocycles. The van der Waals surface area contributed by atoms with E-state index in [1.165, 1.54) is 12.8 Å². The minimum Gasteiger partial charge on any atom is -0.356 e. The first-order chi connectivity index (χ1) is 14.2. The highest BCUT2D eigenvalue weighted by molar-refractivity contribution is 7.17. The van der Waals surface area contributed by atoms with Crippen LogP contribution in [0.2, 0.25) is 0 Å². The van der Waals surface area contributed by atoms with Gasteiger partial charge < -0.3 is 15.1 Å². The third-order valence-electron chi connectivity index (χ3n) is 5.52. The van der Waals surface area contributed by atoms with Crippen molar-refractivity contribution in [2.75, 3.05) is 44.2 Å². The number of piperidine rings is 1. The van der Waals surface area contributed by atoms with Crippen LogP contribution in [0.5, 0.6) is 0 Å². The van der Waals surface area contributed by atoms with Crippen molar-refractivity contribution >= 4 is 22.4 Å². The fourth-order valence-corrected chi connectivity index (χ4v) is 4.58. The Morgan fingerprint density at radius 3 is 2.72 bits per heavy atom. The van der Waals surface area contributed by atoms with Crippen LogP contribution in [0.1, 0.15) is 46.0 Å². The number of nitrogens with zero attached hydrogens (tertiary/aromatic N) is 5. The van der Waals surface area contributed by atoms with E-state index in [1.807, 2.05) is 29.1 Å². The molecule has 2 aromatic rings. The van der Waals surface area contributed by atoms with E-state index in [1.54, 1.807) is 11.3 Å². The maximum Gasteiger partial charge on any atom is 0.224 e. The molecular weight excluding hydrogens is 384 g/mol. The first kappa shape index (κ1) is 21.8. The van der Waals surface area contributed by atoms with Crippen molar-refractivity contribution in [1.29, 1.82) is 0 Å². The zero-order valence-corrected chi connectivity index (χ0v) is 18.5. The number of nitrogens with one attached hydrogen (secondary N) is 1. The number of hydrogen-bond acceptors (Lipinski definition) is 6. The van der Waals surface area contributed by atoms with Crippen molar-refractivity contribution in [3.63, 3.8) is 0 Å². The largest absolute Gasteiger partial charge is 0.356 e. The van der Waals surface area contributed by atoms with Crippen LogP contribution in [-0.4, -0.2) is 64.8 Å². The number of hydrogen-bond donors (Lipinski definition) is 1. The lowest BCUT2D eigenvalue weighted by atomic mass is 9.97. The predicted octanol–water partition coefficient (Wildman–Crippen LogP) is 3.17. The molecule has 1 aliphatic rings. The molecule has 29 heavy (non-hydrogen) atoms. The monoisotopic (exact) mass is 418 g/mol.